The number of hydrogen-bond acceptors (Lipinski definition) is 2. The van der Waals surface area contributed by atoms with E-state index in [-0.39, 0.29) is 11.8 Å². The van der Waals surface area contributed by atoms with Gasteiger partial charge in [0.05, 0.1) is 0 Å². The normalized spacial score (nSPS) is 18.9. The summed E-state index contributed by atoms with van der Waals surface area (Å²) in [5.74, 6) is 0.356. The van der Waals surface area contributed by atoms with Crippen LogP contribution < -0.4 is 5.32 Å². The summed E-state index contributed by atoms with van der Waals surface area (Å²) in [6.07, 6.45) is 9.72. The first kappa shape index (κ1) is 11.8. The van der Waals surface area contributed by atoms with Crippen LogP contribution in [0.3, 0.4) is 0 Å². The molecule has 0 saturated heterocycles. The van der Waals surface area contributed by atoms with Crippen molar-refractivity contribution in [2.75, 3.05) is 6.54 Å². The maximum atomic E-state index is 11.8. The van der Waals surface area contributed by atoms with Crippen molar-refractivity contribution in [1.29, 1.82) is 0 Å². The Hall–Kier alpha value is -1.64. The van der Waals surface area contributed by atoms with Crippen molar-refractivity contribution in [3.63, 3.8) is 0 Å². The summed E-state index contributed by atoms with van der Waals surface area (Å²) in [5.41, 5.74) is 1.02. The zero-order valence-corrected chi connectivity index (χ0v) is 9.93. The molecule has 0 saturated carbocycles. The largest absolute Gasteiger partial charge is 0.355 e. The summed E-state index contributed by atoms with van der Waals surface area (Å²) < 4.78 is 0. The SMILES string of the molecule is O=C(NCCc1ccccn1)C1CC=CCC1. The maximum absolute atomic E-state index is 11.8. The van der Waals surface area contributed by atoms with E-state index in [1.54, 1.807) is 6.20 Å². The van der Waals surface area contributed by atoms with Gasteiger partial charge >= 0.3 is 0 Å². The molecule has 1 aliphatic carbocycles. The van der Waals surface area contributed by atoms with Gasteiger partial charge in [-0.3, -0.25) is 9.78 Å². The van der Waals surface area contributed by atoms with Gasteiger partial charge in [0, 0.05) is 30.8 Å². The number of nitrogens with zero attached hydrogens (tertiary/aromatic N) is 1. The Bertz CT molecular complexity index is 386. The second-order valence-electron chi connectivity index (χ2n) is 4.34. The molecule has 1 heterocycles. The number of pyridine rings is 1. The van der Waals surface area contributed by atoms with Crippen molar-refractivity contribution in [2.24, 2.45) is 5.92 Å². The molecule has 3 nitrogen and oxygen atoms in total. The smallest absolute Gasteiger partial charge is 0.223 e. The third kappa shape index (κ3) is 3.70. The van der Waals surface area contributed by atoms with Gasteiger partial charge in [0.15, 0.2) is 0 Å². The molecule has 0 spiro atoms. The van der Waals surface area contributed by atoms with Gasteiger partial charge in [0.25, 0.3) is 0 Å². The summed E-state index contributed by atoms with van der Waals surface area (Å²) in [7, 11) is 0. The van der Waals surface area contributed by atoms with E-state index in [0.29, 0.717) is 6.54 Å². The quantitative estimate of drug-likeness (QED) is 0.805. The zero-order chi connectivity index (χ0) is 11.9. The Morgan fingerprint density at radius 1 is 1.41 bits per heavy atom. The lowest BCUT2D eigenvalue weighted by molar-refractivity contribution is -0.125. The van der Waals surface area contributed by atoms with Gasteiger partial charge in [-0.2, -0.15) is 0 Å². The molecular weight excluding hydrogens is 212 g/mol. The summed E-state index contributed by atoms with van der Waals surface area (Å²) in [4.78, 5) is 16.0. The van der Waals surface area contributed by atoms with Crippen LogP contribution in [0.15, 0.2) is 36.5 Å². The van der Waals surface area contributed by atoms with Crippen molar-refractivity contribution in [3.05, 3.63) is 42.2 Å². The molecule has 0 aliphatic heterocycles. The van der Waals surface area contributed by atoms with Crippen LogP contribution in [0.25, 0.3) is 0 Å². The molecule has 0 radical (unpaired) electrons. The molecule has 17 heavy (non-hydrogen) atoms. The van der Waals surface area contributed by atoms with E-state index in [9.17, 15) is 4.79 Å². The second kappa shape index (κ2) is 6.18. The van der Waals surface area contributed by atoms with Gasteiger partial charge in [-0.25, -0.2) is 0 Å². The molecule has 1 N–H and O–H groups in total. The van der Waals surface area contributed by atoms with Crippen LogP contribution in [0, 0.1) is 5.92 Å². The monoisotopic (exact) mass is 230 g/mol. The lowest BCUT2D eigenvalue weighted by Crippen LogP contribution is -2.32. The number of carbonyl (C=O) groups is 1. The fourth-order valence-electron chi connectivity index (χ4n) is 2.04. The molecule has 3 heteroatoms. The topological polar surface area (TPSA) is 42.0 Å². The molecule has 90 valence electrons. The van der Waals surface area contributed by atoms with E-state index in [1.807, 2.05) is 18.2 Å². The highest BCUT2D eigenvalue weighted by atomic mass is 16.1. The maximum Gasteiger partial charge on any atom is 0.223 e. The van der Waals surface area contributed by atoms with Gasteiger partial charge < -0.3 is 5.32 Å². The summed E-state index contributed by atoms with van der Waals surface area (Å²) in [6.45, 7) is 0.677. The Labute approximate surface area is 102 Å². The average molecular weight is 230 g/mol. The van der Waals surface area contributed by atoms with Gasteiger partial charge in [0.1, 0.15) is 0 Å². The molecule has 0 fully saturated rings. The standard InChI is InChI=1S/C14H18N2O/c17-14(12-6-2-1-3-7-12)16-11-9-13-8-4-5-10-15-13/h1-2,4-5,8,10,12H,3,6-7,9,11H2,(H,16,17). The Morgan fingerprint density at radius 2 is 2.35 bits per heavy atom. The minimum absolute atomic E-state index is 0.170. The van der Waals surface area contributed by atoms with E-state index in [1.165, 1.54) is 0 Å². The minimum atomic E-state index is 0.170. The van der Waals surface area contributed by atoms with E-state index >= 15 is 0 Å². The lowest BCUT2D eigenvalue weighted by atomic mass is 9.94. The number of rotatable bonds is 4. The molecule has 1 aliphatic rings. The number of nitrogens with one attached hydrogen (secondary N) is 1. The van der Waals surface area contributed by atoms with E-state index < -0.39 is 0 Å². The van der Waals surface area contributed by atoms with Crippen LogP contribution in [0.5, 0.6) is 0 Å². The first-order valence-electron chi connectivity index (χ1n) is 6.19. The molecule has 0 bridgehead atoms. The average Bonchev–Trinajstić information content (AvgIpc) is 2.41. The van der Waals surface area contributed by atoms with E-state index in [4.69, 9.17) is 0 Å². The lowest BCUT2D eigenvalue weighted by Gasteiger charge is -2.17. The zero-order valence-electron chi connectivity index (χ0n) is 9.93. The Kier molecular flexibility index (Phi) is 4.30. The molecule has 0 aromatic carbocycles. The second-order valence-corrected chi connectivity index (χ2v) is 4.34. The van der Waals surface area contributed by atoms with Crippen LogP contribution >= 0.6 is 0 Å². The third-order valence-electron chi connectivity index (χ3n) is 3.05. The van der Waals surface area contributed by atoms with Crippen molar-refractivity contribution in [1.82, 2.24) is 10.3 Å². The molecule has 2 rings (SSSR count). The van der Waals surface area contributed by atoms with Crippen LogP contribution in [0.2, 0.25) is 0 Å². The Balaban J connectivity index is 1.71. The number of amides is 1. The van der Waals surface area contributed by atoms with Crippen molar-refractivity contribution < 1.29 is 4.79 Å². The van der Waals surface area contributed by atoms with Crippen molar-refractivity contribution in [3.8, 4) is 0 Å². The van der Waals surface area contributed by atoms with Crippen LogP contribution in [0.4, 0.5) is 0 Å². The summed E-state index contributed by atoms with van der Waals surface area (Å²) >= 11 is 0. The number of aromatic nitrogens is 1. The molecule has 1 aromatic heterocycles. The van der Waals surface area contributed by atoms with E-state index in [0.717, 1.165) is 31.4 Å². The first-order chi connectivity index (χ1) is 8.36. The van der Waals surface area contributed by atoms with Gasteiger partial charge in [0.2, 0.25) is 5.91 Å². The molecule has 1 amide bonds. The molecular formula is C14H18N2O. The number of allylic oxidation sites excluding steroid dienone is 2. The van der Waals surface area contributed by atoms with Crippen LogP contribution in [0.1, 0.15) is 25.0 Å². The highest BCUT2D eigenvalue weighted by molar-refractivity contribution is 5.78. The summed E-state index contributed by atoms with van der Waals surface area (Å²) in [5, 5.41) is 2.99. The van der Waals surface area contributed by atoms with Gasteiger partial charge in [-0.15, -0.1) is 0 Å². The van der Waals surface area contributed by atoms with Crippen LogP contribution in [-0.2, 0) is 11.2 Å². The molecule has 1 atom stereocenters. The van der Waals surface area contributed by atoms with Crippen LogP contribution in [-0.4, -0.2) is 17.4 Å². The fraction of sp³-hybridized carbons (Fsp3) is 0.429. The highest BCUT2D eigenvalue weighted by Gasteiger charge is 2.17. The van der Waals surface area contributed by atoms with E-state index in [2.05, 4.69) is 22.5 Å². The predicted octanol–water partition coefficient (Wildman–Crippen LogP) is 2.10. The Morgan fingerprint density at radius 3 is 3.06 bits per heavy atom. The highest BCUT2D eigenvalue weighted by Crippen LogP contribution is 2.17. The van der Waals surface area contributed by atoms with Crippen molar-refractivity contribution >= 4 is 5.91 Å². The number of hydrogen-bond donors (Lipinski definition) is 1. The molecule has 1 unspecified atom stereocenters. The van der Waals surface area contributed by atoms with Gasteiger partial charge in [-0.05, 0) is 31.4 Å². The number of carbonyl (C=O) groups excluding carboxylic acids is 1. The third-order valence-corrected chi connectivity index (χ3v) is 3.05. The van der Waals surface area contributed by atoms with Gasteiger partial charge in [-0.1, -0.05) is 18.2 Å². The fourth-order valence-corrected chi connectivity index (χ4v) is 2.04. The summed E-state index contributed by atoms with van der Waals surface area (Å²) in [6, 6.07) is 5.85. The minimum Gasteiger partial charge on any atom is -0.355 e. The first-order valence-corrected chi connectivity index (χ1v) is 6.19. The predicted molar refractivity (Wildman–Crippen MR) is 67.4 cm³/mol. The van der Waals surface area contributed by atoms with Crippen molar-refractivity contribution in [2.45, 2.75) is 25.7 Å². The molecule has 1 aromatic rings.